The third-order valence-corrected chi connectivity index (χ3v) is 6.56. The lowest BCUT2D eigenvalue weighted by Gasteiger charge is -2.11. The normalized spacial score (nSPS) is 13.2. The van der Waals surface area contributed by atoms with Gasteiger partial charge in [-0.05, 0) is 37.0 Å². The van der Waals surface area contributed by atoms with E-state index in [0.29, 0.717) is 38.5 Å². The van der Waals surface area contributed by atoms with Crippen molar-refractivity contribution in [3.63, 3.8) is 0 Å². The van der Waals surface area contributed by atoms with Gasteiger partial charge in [-0.15, -0.1) is 11.3 Å². The van der Waals surface area contributed by atoms with Gasteiger partial charge in [0.15, 0.2) is 0 Å². The molecule has 1 saturated carbocycles. The second-order valence-corrected chi connectivity index (χ2v) is 8.95. The van der Waals surface area contributed by atoms with E-state index in [4.69, 9.17) is 16.5 Å². The highest BCUT2D eigenvalue weighted by atomic mass is 32.1. The summed E-state index contributed by atoms with van der Waals surface area (Å²) in [6.45, 7) is 0.813. The number of carbonyl (C=O) groups is 1. The SMILES string of the molecule is NC(=O)c1sc2nc(NC3CC3)nc(-c3cccc(NCCc4ccccc4)c3)c2c1N. The standard InChI is InChI=1S/C24H24N6OS/c25-19-18-20(29-24(28-16-9-10-16)30-23(18)32-21(19)22(26)31)15-7-4-8-17(13-15)27-12-11-14-5-2-1-3-6-14/h1-8,13,16,27H,9-12,25H2,(H2,26,31)(H,28,29,30). The minimum Gasteiger partial charge on any atom is -0.397 e. The van der Waals surface area contributed by atoms with Crippen LogP contribution in [0.15, 0.2) is 54.6 Å². The van der Waals surface area contributed by atoms with Crippen molar-refractivity contribution in [1.29, 1.82) is 0 Å². The van der Waals surface area contributed by atoms with Gasteiger partial charge >= 0.3 is 0 Å². The Labute approximate surface area is 189 Å². The number of nitrogens with one attached hydrogen (secondary N) is 2. The molecule has 162 valence electrons. The zero-order valence-corrected chi connectivity index (χ0v) is 18.3. The number of anilines is 3. The quantitative estimate of drug-likeness (QED) is 0.322. The van der Waals surface area contributed by atoms with Crippen molar-refractivity contribution < 1.29 is 4.79 Å². The molecule has 1 aliphatic rings. The van der Waals surface area contributed by atoms with Gasteiger partial charge in [0.05, 0.1) is 16.8 Å². The first-order valence-electron chi connectivity index (χ1n) is 10.6. The molecule has 4 aromatic rings. The monoisotopic (exact) mass is 444 g/mol. The molecule has 6 N–H and O–H groups in total. The zero-order chi connectivity index (χ0) is 22.1. The largest absolute Gasteiger partial charge is 0.397 e. The highest BCUT2D eigenvalue weighted by Crippen LogP contribution is 2.39. The molecule has 7 nitrogen and oxygen atoms in total. The molecule has 2 aromatic carbocycles. The lowest BCUT2D eigenvalue weighted by molar-refractivity contribution is 0.100. The zero-order valence-electron chi connectivity index (χ0n) is 17.5. The molecule has 32 heavy (non-hydrogen) atoms. The molecule has 0 unspecified atom stereocenters. The molecule has 1 amide bonds. The summed E-state index contributed by atoms with van der Waals surface area (Å²) >= 11 is 1.21. The van der Waals surface area contributed by atoms with Gasteiger partial charge in [-0.2, -0.15) is 0 Å². The summed E-state index contributed by atoms with van der Waals surface area (Å²) in [7, 11) is 0. The number of rotatable bonds is 8. The number of nitrogen functional groups attached to an aromatic ring is 1. The molecule has 0 aliphatic heterocycles. The Morgan fingerprint density at radius 2 is 1.91 bits per heavy atom. The van der Waals surface area contributed by atoms with E-state index in [1.807, 2.05) is 24.3 Å². The van der Waals surface area contributed by atoms with E-state index in [2.05, 4.69) is 45.9 Å². The number of nitrogens with zero attached hydrogens (tertiary/aromatic N) is 2. The lowest BCUT2D eigenvalue weighted by Crippen LogP contribution is -2.10. The Morgan fingerprint density at radius 3 is 2.66 bits per heavy atom. The van der Waals surface area contributed by atoms with Crippen LogP contribution >= 0.6 is 11.3 Å². The smallest absolute Gasteiger partial charge is 0.260 e. The number of primary amides is 1. The fourth-order valence-electron chi connectivity index (χ4n) is 3.66. The molecule has 2 heterocycles. The van der Waals surface area contributed by atoms with E-state index in [0.717, 1.165) is 37.1 Å². The summed E-state index contributed by atoms with van der Waals surface area (Å²) in [6.07, 6.45) is 3.14. The summed E-state index contributed by atoms with van der Waals surface area (Å²) < 4.78 is 0. The Bertz CT molecular complexity index is 1280. The third-order valence-electron chi connectivity index (χ3n) is 5.44. The molecular weight excluding hydrogens is 420 g/mol. The molecule has 0 atom stereocenters. The summed E-state index contributed by atoms with van der Waals surface area (Å²) in [6, 6.07) is 18.8. The maximum atomic E-state index is 11.9. The van der Waals surface area contributed by atoms with E-state index >= 15 is 0 Å². The maximum Gasteiger partial charge on any atom is 0.260 e. The second kappa shape index (κ2) is 8.47. The molecular formula is C24H24N6OS. The Balaban J connectivity index is 1.48. The number of hydrogen-bond acceptors (Lipinski definition) is 7. The fourth-order valence-corrected chi connectivity index (χ4v) is 4.61. The Morgan fingerprint density at radius 1 is 1.09 bits per heavy atom. The minimum atomic E-state index is -0.551. The number of carbonyl (C=O) groups excluding carboxylic acids is 1. The van der Waals surface area contributed by atoms with Crippen LogP contribution in [0, 0.1) is 0 Å². The number of aromatic nitrogens is 2. The van der Waals surface area contributed by atoms with E-state index in [1.54, 1.807) is 0 Å². The molecule has 8 heteroatoms. The predicted octanol–water partition coefficient (Wildman–Crippen LogP) is 4.27. The second-order valence-electron chi connectivity index (χ2n) is 7.95. The first-order valence-corrected chi connectivity index (χ1v) is 11.4. The maximum absolute atomic E-state index is 11.9. The van der Waals surface area contributed by atoms with Crippen LogP contribution in [-0.4, -0.2) is 28.5 Å². The van der Waals surface area contributed by atoms with Crippen molar-refractivity contribution in [2.75, 3.05) is 22.9 Å². The molecule has 0 radical (unpaired) electrons. The van der Waals surface area contributed by atoms with Crippen LogP contribution in [0.1, 0.15) is 28.1 Å². The first-order chi connectivity index (χ1) is 15.6. The van der Waals surface area contributed by atoms with Crippen molar-refractivity contribution in [2.24, 2.45) is 5.73 Å². The van der Waals surface area contributed by atoms with E-state index in [1.165, 1.54) is 16.9 Å². The molecule has 1 aliphatic carbocycles. The lowest BCUT2D eigenvalue weighted by atomic mass is 10.1. The molecule has 0 saturated heterocycles. The number of benzene rings is 2. The van der Waals surface area contributed by atoms with Gasteiger partial charge in [-0.1, -0.05) is 42.5 Å². The van der Waals surface area contributed by atoms with Crippen molar-refractivity contribution >= 4 is 44.8 Å². The number of nitrogens with two attached hydrogens (primary N) is 2. The van der Waals surface area contributed by atoms with Gasteiger partial charge in [-0.25, -0.2) is 9.97 Å². The van der Waals surface area contributed by atoms with E-state index in [9.17, 15) is 4.79 Å². The minimum absolute atomic E-state index is 0.316. The van der Waals surface area contributed by atoms with Crippen molar-refractivity contribution in [2.45, 2.75) is 25.3 Å². The van der Waals surface area contributed by atoms with Crippen molar-refractivity contribution in [3.05, 3.63) is 65.0 Å². The number of fused-ring (bicyclic) bond motifs is 1. The average Bonchev–Trinajstić information content (AvgIpc) is 3.55. The summed E-state index contributed by atoms with van der Waals surface area (Å²) in [5, 5.41) is 7.51. The average molecular weight is 445 g/mol. The van der Waals surface area contributed by atoms with Gasteiger partial charge in [-0.3, -0.25) is 4.79 Å². The summed E-state index contributed by atoms with van der Waals surface area (Å²) in [5.74, 6) is -0.000748. The molecule has 5 rings (SSSR count). The molecule has 2 aromatic heterocycles. The van der Waals surface area contributed by atoms with Crippen LogP contribution in [0.25, 0.3) is 21.5 Å². The van der Waals surface area contributed by atoms with Crippen molar-refractivity contribution in [3.8, 4) is 11.3 Å². The number of amides is 1. The van der Waals surface area contributed by atoms with Crippen LogP contribution < -0.4 is 22.1 Å². The van der Waals surface area contributed by atoms with E-state index in [-0.39, 0.29) is 0 Å². The Kier molecular flexibility index (Phi) is 5.36. The fraction of sp³-hybridized carbons (Fsp3) is 0.208. The highest BCUT2D eigenvalue weighted by Gasteiger charge is 2.25. The van der Waals surface area contributed by atoms with Gasteiger partial charge in [0.2, 0.25) is 5.95 Å². The third kappa shape index (κ3) is 4.22. The predicted molar refractivity (Wildman–Crippen MR) is 131 cm³/mol. The summed E-state index contributed by atoms with van der Waals surface area (Å²) in [5.41, 5.74) is 16.1. The molecule has 1 fully saturated rings. The van der Waals surface area contributed by atoms with Crippen LogP contribution in [0.2, 0.25) is 0 Å². The van der Waals surface area contributed by atoms with Crippen molar-refractivity contribution in [1.82, 2.24) is 9.97 Å². The van der Waals surface area contributed by atoms with Gasteiger partial charge in [0.25, 0.3) is 5.91 Å². The first kappa shape index (κ1) is 20.3. The van der Waals surface area contributed by atoms with Gasteiger partial charge in [0.1, 0.15) is 9.71 Å². The molecule has 0 spiro atoms. The van der Waals surface area contributed by atoms with Crippen LogP contribution in [-0.2, 0) is 6.42 Å². The van der Waals surface area contributed by atoms with E-state index < -0.39 is 5.91 Å². The van der Waals surface area contributed by atoms with Crippen LogP contribution in [0.4, 0.5) is 17.3 Å². The van der Waals surface area contributed by atoms with Crippen LogP contribution in [0.3, 0.4) is 0 Å². The topological polar surface area (TPSA) is 119 Å². The summed E-state index contributed by atoms with van der Waals surface area (Å²) in [4.78, 5) is 22.2. The highest BCUT2D eigenvalue weighted by molar-refractivity contribution is 7.21. The van der Waals surface area contributed by atoms with Gasteiger partial charge < -0.3 is 22.1 Å². The number of thiophene rings is 1. The van der Waals surface area contributed by atoms with Gasteiger partial charge in [0, 0.05) is 23.8 Å². The Hall–Kier alpha value is -3.65. The number of hydrogen-bond donors (Lipinski definition) is 4. The van der Waals surface area contributed by atoms with Crippen LogP contribution in [0.5, 0.6) is 0 Å². The molecule has 0 bridgehead atoms.